The summed E-state index contributed by atoms with van der Waals surface area (Å²) in [6.07, 6.45) is 7.60. The van der Waals surface area contributed by atoms with Gasteiger partial charge in [-0.3, -0.25) is 0 Å². The van der Waals surface area contributed by atoms with Gasteiger partial charge >= 0.3 is 0 Å². The van der Waals surface area contributed by atoms with Crippen molar-refractivity contribution in [2.75, 3.05) is 0 Å². The lowest BCUT2D eigenvalue weighted by atomic mass is 9.81. The van der Waals surface area contributed by atoms with Crippen LogP contribution in [-0.4, -0.2) is 0 Å². The van der Waals surface area contributed by atoms with E-state index in [1.54, 1.807) is 0 Å². The summed E-state index contributed by atoms with van der Waals surface area (Å²) in [5, 5.41) is 0. The Morgan fingerprint density at radius 1 is 1.17 bits per heavy atom. The molecule has 2 saturated carbocycles. The molecule has 0 bridgehead atoms. The number of rotatable bonds is 2. The fourth-order valence-corrected chi connectivity index (χ4v) is 3.04. The molecule has 0 saturated heterocycles. The zero-order chi connectivity index (χ0) is 8.77. The van der Waals surface area contributed by atoms with Gasteiger partial charge in [0.05, 0.1) is 0 Å². The lowest BCUT2D eigenvalue weighted by Crippen LogP contribution is -2.15. The van der Waals surface area contributed by atoms with Crippen LogP contribution in [0.5, 0.6) is 0 Å². The van der Waals surface area contributed by atoms with Gasteiger partial charge in [-0.05, 0) is 55.3 Å². The molecule has 0 radical (unpaired) electrons. The highest BCUT2D eigenvalue weighted by atomic mass is 14.5. The standard InChI is InChI=1S/C12H22/c1-9(2)10-6-7-12(3,8-10)11-4-5-11/h9-11H,4-8H2,1-3H3. The van der Waals surface area contributed by atoms with Crippen molar-refractivity contribution in [2.45, 2.75) is 52.9 Å². The summed E-state index contributed by atoms with van der Waals surface area (Å²) < 4.78 is 0. The predicted octanol–water partition coefficient (Wildman–Crippen LogP) is 3.86. The van der Waals surface area contributed by atoms with Crippen LogP contribution in [0.2, 0.25) is 0 Å². The van der Waals surface area contributed by atoms with Gasteiger partial charge in [-0.1, -0.05) is 20.8 Å². The lowest BCUT2D eigenvalue weighted by molar-refractivity contribution is 0.255. The molecule has 0 aromatic carbocycles. The molecule has 0 amide bonds. The minimum Gasteiger partial charge on any atom is -0.0625 e. The second-order valence-electron chi connectivity index (χ2n) is 5.68. The van der Waals surface area contributed by atoms with E-state index in [1.807, 2.05) is 0 Å². The first-order chi connectivity index (χ1) is 5.62. The number of hydrogen-bond donors (Lipinski definition) is 0. The Balaban J connectivity index is 1.96. The Kier molecular flexibility index (Phi) is 1.97. The summed E-state index contributed by atoms with van der Waals surface area (Å²) in [6.45, 7) is 7.32. The molecule has 0 aromatic rings. The van der Waals surface area contributed by atoms with Crippen molar-refractivity contribution in [1.82, 2.24) is 0 Å². The molecule has 0 aliphatic heterocycles. The molecule has 0 aromatic heterocycles. The van der Waals surface area contributed by atoms with Crippen LogP contribution in [0.15, 0.2) is 0 Å². The molecule has 0 N–H and O–H groups in total. The highest BCUT2D eigenvalue weighted by Gasteiger charge is 2.46. The zero-order valence-corrected chi connectivity index (χ0v) is 8.77. The molecule has 2 unspecified atom stereocenters. The molecule has 0 heterocycles. The Bertz CT molecular complexity index is 167. The second kappa shape index (κ2) is 2.75. The van der Waals surface area contributed by atoms with Gasteiger partial charge in [0.15, 0.2) is 0 Å². The maximum atomic E-state index is 2.53. The van der Waals surface area contributed by atoms with Gasteiger partial charge in [-0.25, -0.2) is 0 Å². The molecule has 2 rings (SSSR count). The van der Waals surface area contributed by atoms with Crippen molar-refractivity contribution in [3.05, 3.63) is 0 Å². The molecule has 0 heteroatoms. The third kappa shape index (κ3) is 1.41. The first-order valence-electron chi connectivity index (χ1n) is 5.62. The van der Waals surface area contributed by atoms with E-state index in [1.165, 1.54) is 32.1 Å². The van der Waals surface area contributed by atoms with E-state index in [0.29, 0.717) is 0 Å². The van der Waals surface area contributed by atoms with Crippen molar-refractivity contribution >= 4 is 0 Å². The summed E-state index contributed by atoms with van der Waals surface area (Å²) >= 11 is 0. The SMILES string of the molecule is CC(C)C1CCC(C)(C2CC2)C1. The molecule has 2 fully saturated rings. The third-order valence-electron chi connectivity index (χ3n) is 4.32. The topological polar surface area (TPSA) is 0 Å². The third-order valence-corrected chi connectivity index (χ3v) is 4.32. The van der Waals surface area contributed by atoms with Crippen LogP contribution in [0.1, 0.15) is 52.9 Å². The molecule has 2 atom stereocenters. The second-order valence-corrected chi connectivity index (χ2v) is 5.68. The summed E-state index contributed by atoms with van der Waals surface area (Å²) in [5.74, 6) is 3.07. The lowest BCUT2D eigenvalue weighted by Gasteiger charge is -2.24. The van der Waals surface area contributed by atoms with Gasteiger partial charge in [0.25, 0.3) is 0 Å². The van der Waals surface area contributed by atoms with Gasteiger partial charge in [-0.2, -0.15) is 0 Å². The van der Waals surface area contributed by atoms with Crippen molar-refractivity contribution < 1.29 is 0 Å². The maximum Gasteiger partial charge on any atom is -0.0295 e. The van der Waals surface area contributed by atoms with Crippen LogP contribution < -0.4 is 0 Å². The van der Waals surface area contributed by atoms with Crippen LogP contribution in [0.4, 0.5) is 0 Å². The normalized spacial score (nSPS) is 42.5. The van der Waals surface area contributed by atoms with Gasteiger partial charge in [-0.15, -0.1) is 0 Å². The summed E-state index contributed by atoms with van der Waals surface area (Å²) in [5.41, 5.74) is 0.759. The fraction of sp³-hybridized carbons (Fsp3) is 1.00. The zero-order valence-electron chi connectivity index (χ0n) is 8.77. The Hall–Kier alpha value is 0. The highest BCUT2D eigenvalue weighted by molar-refractivity contribution is 4.96. The fourth-order valence-electron chi connectivity index (χ4n) is 3.04. The van der Waals surface area contributed by atoms with Gasteiger partial charge < -0.3 is 0 Å². The van der Waals surface area contributed by atoms with Crippen molar-refractivity contribution in [3.63, 3.8) is 0 Å². The predicted molar refractivity (Wildman–Crippen MR) is 53.0 cm³/mol. The van der Waals surface area contributed by atoms with Crippen molar-refractivity contribution in [3.8, 4) is 0 Å². The molecule has 2 aliphatic rings. The molecular weight excluding hydrogens is 144 g/mol. The van der Waals surface area contributed by atoms with Crippen molar-refractivity contribution in [2.24, 2.45) is 23.2 Å². The van der Waals surface area contributed by atoms with E-state index < -0.39 is 0 Å². The smallest absolute Gasteiger partial charge is 0.0295 e. The minimum absolute atomic E-state index is 0.759. The average Bonchev–Trinajstić information content (AvgIpc) is 2.77. The van der Waals surface area contributed by atoms with Gasteiger partial charge in [0.2, 0.25) is 0 Å². The van der Waals surface area contributed by atoms with E-state index in [4.69, 9.17) is 0 Å². The highest BCUT2D eigenvalue weighted by Crippen LogP contribution is 2.57. The van der Waals surface area contributed by atoms with Crippen LogP contribution in [0.25, 0.3) is 0 Å². The first-order valence-corrected chi connectivity index (χ1v) is 5.62. The van der Waals surface area contributed by atoms with Crippen molar-refractivity contribution in [1.29, 1.82) is 0 Å². The Morgan fingerprint density at radius 3 is 2.25 bits per heavy atom. The summed E-state index contributed by atoms with van der Waals surface area (Å²) in [6, 6.07) is 0. The molecule has 0 nitrogen and oxygen atoms in total. The van der Waals surface area contributed by atoms with E-state index in [2.05, 4.69) is 20.8 Å². The van der Waals surface area contributed by atoms with E-state index in [0.717, 1.165) is 23.2 Å². The molecule has 2 aliphatic carbocycles. The average molecular weight is 166 g/mol. The largest absolute Gasteiger partial charge is 0.0625 e. The monoisotopic (exact) mass is 166 g/mol. The van der Waals surface area contributed by atoms with Crippen LogP contribution in [0, 0.1) is 23.2 Å². The van der Waals surface area contributed by atoms with Gasteiger partial charge in [0, 0.05) is 0 Å². The summed E-state index contributed by atoms with van der Waals surface area (Å²) in [7, 11) is 0. The van der Waals surface area contributed by atoms with Crippen LogP contribution in [-0.2, 0) is 0 Å². The molecule has 0 spiro atoms. The maximum absolute atomic E-state index is 2.53. The molecule has 12 heavy (non-hydrogen) atoms. The Labute approximate surface area is 76.7 Å². The van der Waals surface area contributed by atoms with Crippen LogP contribution >= 0.6 is 0 Å². The van der Waals surface area contributed by atoms with E-state index in [-0.39, 0.29) is 0 Å². The summed E-state index contributed by atoms with van der Waals surface area (Å²) in [4.78, 5) is 0. The quantitative estimate of drug-likeness (QED) is 0.584. The van der Waals surface area contributed by atoms with Gasteiger partial charge in [0.1, 0.15) is 0 Å². The minimum atomic E-state index is 0.759. The molecule has 70 valence electrons. The Morgan fingerprint density at radius 2 is 1.83 bits per heavy atom. The first kappa shape index (κ1) is 8.59. The number of hydrogen-bond acceptors (Lipinski definition) is 0. The molecular formula is C12H22. The van der Waals surface area contributed by atoms with Crippen LogP contribution in [0.3, 0.4) is 0 Å². The van der Waals surface area contributed by atoms with E-state index >= 15 is 0 Å². The van der Waals surface area contributed by atoms with E-state index in [9.17, 15) is 0 Å².